The molecule has 2 N–H and O–H groups in total. The molecular weight excluding hydrogens is 396 g/mol. The van der Waals surface area contributed by atoms with E-state index in [2.05, 4.69) is 20.4 Å². The van der Waals surface area contributed by atoms with E-state index in [9.17, 15) is 14.7 Å². The number of rotatable bonds is 5. The van der Waals surface area contributed by atoms with Crippen molar-refractivity contribution in [3.05, 3.63) is 45.9 Å². The number of fused-ring (bicyclic) bond motifs is 1. The van der Waals surface area contributed by atoms with Crippen molar-refractivity contribution in [1.29, 1.82) is 0 Å². The molecule has 0 spiro atoms. The van der Waals surface area contributed by atoms with E-state index in [-0.39, 0.29) is 11.1 Å². The molecule has 29 heavy (non-hydrogen) atoms. The van der Waals surface area contributed by atoms with Crippen molar-refractivity contribution in [2.45, 2.75) is 31.8 Å². The Kier molecular flexibility index (Phi) is 4.36. The number of hydrogen-bond donors (Lipinski definition) is 2. The molecule has 0 atom stereocenters. The molecule has 1 fully saturated rings. The van der Waals surface area contributed by atoms with Crippen molar-refractivity contribution < 1.29 is 24.0 Å². The first-order chi connectivity index (χ1) is 14.1. The minimum Gasteiger partial charge on any atom is -0.478 e. The third-order valence-corrected chi connectivity index (χ3v) is 6.06. The van der Waals surface area contributed by atoms with Crippen molar-refractivity contribution >= 4 is 28.2 Å². The van der Waals surface area contributed by atoms with Crippen LogP contribution in [0.4, 0.5) is 5.00 Å². The van der Waals surface area contributed by atoms with Crippen molar-refractivity contribution in [2.75, 3.05) is 11.9 Å². The van der Waals surface area contributed by atoms with E-state index in [1.165, 1.54) is 29.8 Å². The van der Waals surface area contributed by atoms with Crippen LogP contribution in [0.5, 0.6) is 0 Å². The summed E-state index contributed by atoms with van der Waals surface area (Å²) >= 11 is 1.37. The lowest BCUT2D eigenvalue weighted by molar-refractivity contribution is 0.0692. The molecule has 2 aliphatic rings. The van der Waals surface area contributed by atoms with Gasteiger partial charge in [-0.2, -0.15) is 4.98 Å². The summed E-state index contributed by atoms with van der Waals surface area (Å²) in [7, 11) is 0. The van der Waals surface area contributed by atoms with Gasteiger partial charge >= 0.3 is 5.97 Å². The molecule has 3 aromatic heterocycles. The third-order valence-electron chi connectivity index (χ3n) is 4.94. The fourth-order valence-corrected chi connectivity index (χ4v) is 4.49. The van der Waals surface area contributed by atoms with Gasteiger partial charge in [0.2, 0.25) is 0 Å². The first kappa shape index (κ1) is 18.0. The number of hydrogen-bond acceptors (Lipinski definition) is 8. The van der Waals surface area contributed by atoms with E-state index in [1.54, 1.807) is 0 Å². The van der Waals surface area contributed by atoms with Gasteiger partial charge in [0.25, 0.3) is 11.8 Å². The second kappa shape index (κ2) is 7.05. The molecule has 0 saturated heterocycles. The molecule has 1 amide bonds. The van der Waals surface area contributed by atoms with Crippen LogP contribution in [0.15, 0.2) is 23.0 Å². The molecule has 3 aromatic rings. The van der Waals surface area contributed by atoms with Crippen molar-refractivity contribution in [3.63, 3.8) is 0 Å². The highest BCUT2D eigenvalue weighted by molar-refractivity contribution is 7.17. The van der Waals surface area contributed by atoms with Gasteiger partial charge in [0.15, 0.2) is 5.82 Å². The average Bonchev–Trinajstić information content (AvgIpc) is 3.35. The summed E-state index contributed by atoms with van der Waals surface area (Å²) in [6.45, 7) is 1.01. The normalized spacial score (nSPS) is 15.7. The van der Waals surface area contributed by atoms with Gasteiger partial charge in [-0.3, -0.25) is 9.78 Å². The summed E-state index contributed by atoms with van der Waals surface area (Å²) in [6, 6.07) is 1.30. The highest BCUT2D eigenvalue weighted by atomic mass is 32.1. The number of ether oxygens (including phenoxy) is 1. The molecule has 9 nitrogen and oxygen atoms in total. The SMILES string of the molecule is O=C(O)c1ccncc1C(=O)Nc1sc2c(c1-c1nc(C3CC3)no1)CCOC2. The molecule has 0 unspecified atom stereocenters. The summed E-state index contributed by atoms with van der Waals surface area (Å²) < 4.78 is 11.1. The molecule has 0 bridgehead atoms. The Bertz CT molecular complexity index is 1120. The number of carboxylic acids is 1. The van der Waals surface area contributed by atoms with Crippen LogP contribution in [0.25, 0.3) is 11.5 Å². The van der Waals surface area contributed by atoms with Crippen LogP contribution in [0.2, 0.25) is 0 Å². The maximum atomic E-state index is 12.9. The number of aromatic nitrogens is 3. The lowest BCUT2D eigenvalue weighted by Gasteiger charge is -2.12. The lowest BCUT2D eigenvalue weighted by atomic mass is 10.1. The van der Waals surface area contributed by atoms with E-state index >= 15 is 0 Å². The Labute approximate surface area is 168 Å². The molecule has 1 saturated carbocycles. The monoisotopic (exact) mass is 412 g/mol. The van der Waals surface area contributed by atoms with Crippen LogP contribution in [-0.2, 0) is 17.8 Å². The van der Waals surface area contributed by atoms with Gasteiger partial charge in [-0.1, -0.05) is 5.16 Å². The quantitative estimate of drug-likeness (QED) is 0.654. The number of thiophene rings is 1. The van der Waals surface area contributed by atoms with Crippen LogP contribution >= 0.6 is 11.3 Å². The Morgan fingerprint density at radius 1 is 1.28 bits per heavy atom. The van der Waals surface area contributed by atoms with Crippen molar-refractivity contribution in [3.8, 4) is 11.5 Å². The smallest absolute Gasteiger partial charge is 0.336 e. The Morgan fingerprint density at radius 3 is 2.93 bits per heavy atom. The van der Waals surface area contributed by atoms with E-state index in [4.69, 9.17) is 9.26 Å². The molecule has 10 heteroatoms. The van der Waals surface area contributed by atoms with Crippen molar-refractivity contribution in [1.82, 2.24) is 15.1 Å². The van der Waals surface area contributed by atoms with Crippen LogP contribution in [0.3, 0.4) is 0 Å². The second-order valence-electron chi connectivity index (χ2n) is 6.92. The van der Waals surface area contributed by atoms with Gasteiger partial charge < -0.3 is 19.7 Å². The molecule has 148 valence electrons. The average molecular weight is 412 g/mol. The number of amides is 1. The van der Waals surface area contributed by atoms with Gasteiger partial charge in [0.1, 0.15) is 5.00 Å². The van der Waals surface area contributed by atoms with Crippen LogP contribution in [0, 0.1) is 0 Å². The summed E-state index contributed by atoms with van der Waals surface area (Å²) in [5.74, 6) is -0.353. The Balaban J connectivity index is 1.54. The molecule has 4 heterocycles. The van der Waals surface area contributed by atoms with Crippen LogP contribution in [0.1, 0.15) is 55.7 Å². The number of anilines is 1. The standard InChI is InChI=1S/C19H16N4O5S/c24-16(12-7-20-5-3-10(12)19(25)26)22-18-14(11-4-6-27-8-13(11)29-18)17-21-15(23-28-17)9-1-2-9/h3,5,7,9H,1-2,4,6,8H2,(H,22,24)(H,25,26). The molecular formula is C19H16N4O5S. The summed E-state index contributed by atoms with van der Waals surface area (Å²) in [6.07, 6.45) is 5.36. The van der Waals surface area contributed by atoms with E-state index < -0.39 is 11.9 Å². The number of nitrogens with one attached hydrogen (secondary N) is 1. The molecule has 0 aromatic carbocycles. The van der Waals surface area contributed by atoms with Gasteiger partial charge in [0.05, 0.1) is 29.9 Å². The van der Waals surface area contributed by atoms with Crippen LogP contribution < -0.4 is 5.32 Å². The minimum atomic E-state index is -1.19. The zero-order chi connectivity index (χ0) is 20.0. The number of nitrogens with zero attached hydrogens (tertiary/aromatic N) is 3. The molecule has 1 aliphatic carbocycles. The second-order valence-corrected chi connectivity index (χ2v) is 8.03. The molecule has 0 radical (unpaired) electrons. The highest BCUT2D eigenvalue weighted by Gasteiger charge is 2.32. The first-order valence-corrected chi connectivity index (χ1v) is 9.98. The topological polar surface area (TPSA) is 127 Å². The first-order valence-electron chi connectivity index (χ1n) is 9.16. The number of pyridine rings is 1. The van der Waals surface area contributed by atoms with Gasteiger partial charge in [0, 0.05) is 23.2 Å². The van der Waals surface area contributed by atoms with Crippen molar-refractivity contribution in [2.24, 2.45) is 0 Å². The molecule has 5 rings (SSSR count). The lowest BCUT2D eigenvalue weighted by Crippen LogP contribution is -2.16. The third kappa shape index (κ3) is 3.30. The number of carbonyl (C=O) groups is 2. The number of carboxylic acid groups (broad SMARTS) is 1. The largest absolute Gasteiger partial charge is 0.478 e. The maximum absolute atomic E-state index is 12.9. The Hall–Kier alpha value is -3.11. The molecule has 1 aliphatic heterocycles. The predicted molar refractivity (Wildman–Crippen MR) is 102 cm³/mol. The van der Waals surface area contributed by atoms with Crippen LogP contribution in [-0.4, -0.2) is 38.7 Å². The highest BCUT2D eigenvalue weighted by Crippen LogP contribution is 2.44. The fourth-order valence-electron chi connectivity index (χ4n) is 3.32. The van der Waals surface area contributed by atoms with E-state index in [0.29, 0.717) is 47.8 Å². The van der Waals surface area contributed by atoms with E-state index in [1.807, 2.05) is 0 Å². The van der Waals surface area contributed by atoms with Gasteiger partial charge in [-0.05, 0) is 30.9 Å². The fraction of sp³-hybridized carbons (Fsp3) is 0.316. The van der Waals surface area contributed by atoms with Gasteiger partial charge in [-0.25, -0.2) is 4.79 Å². The number of carbonyl (C=O) groups excluding carboxylic acids is 1. The zero-order valence-corrected chi connectivity index (χ0v) is 16.0. The summed E-state index contributed by atoms with van der Waals surface area (Å²) in [5, 5.41) is 16.8. The minimum absolute atomic E-state index is 0.0160. The number of aromatic carboxylic acids is 1. The summed E-state index contributed by atoms with van der Waals surface area (Å²) in [4.78, 5) is 33.7. The van der Waals surface area contributed by atoms with Gasteiger partial charge in [-0.15, -0.1) is 11.3 Å². The predicted octanol–water partition coefficient (Wildman–Crippen LogP) is 3.09. The summed E-state index contributed by atoms with van der Waals surface area (Å²) in [5.41, 5.74) is 1.59. The maximum Gasteiger partial charge on any atom is 0.336 e. The zero-order valence-electron chi connectivity index (χ0n) is 15.2. The van der Waals surface area contributed by atoms with E-state index in [0.717, 1.165) is 23.3 Å². The Morgan fingerprint density at radius 2 is 2.14 bits per heavy atom.